The van der Waals surface area contributed by atoms with Crippen LogP contribution in [0, 0.1) is 0 Å². The van der Waals surface area contributed by atoms with Crippen molar-refractivity contribution in [3.05, 3.63) is 56.5 Å². The van der Waals surface area contributed by atoms with Crippen molar-refractivity contribution in [2.75, 3.05) is 0 Å². The molecule has 122 valence electrons. The van der Waals surface area contributed by atoms with E-state index in [1.165, 1.54) is 0 Å². The molecule has 2 aromatic carbocycles. The van der Waals surface area contributed by atoms with E-state index in [0.717, 1.165) is 4.47 Å². The molecule has 1 heterocycles. The van der Waals surface area contributed by atoms with Crippen molar-refractivity contribution in [3.8, 4) is 5.88 Å². The minimum Gasteiger partial charge on any atom is -0.493 e. The Hall–Kier alpha value is -1.89. The number of hydrogen-bond acceptors (Lipinski definition) is 3. The maximum atomic E-state index is 12.0. The van der Waals surface area contributed by atoms with Gasteiger partial charge in [-0.05, 0) is 29.8 Å². The number of aromatic amines is 1. The fourth-order valence-electron chi connectivity index (χ4n) is 2.24. The molecule has 0 atom stereocenters. The predicted molar refractivity (Wildman–Crippen MR) is 97.4 cm³/mol. The molecule has 0 saturated carbocycles. The minimum atomic E-state index is -0.464. The van der Waals surface area contributed by atoms with Gasteiger partial charge < -0.3 is 10.1 Å². The van der Waals surface area contributed by atoms with Crippen LogP contribution in [0.4, 0.5) is 5.69 Å². The van der Waals surface area contributed by atoms with E-state index in [1.807, 2.05) is 12.1 Å². The minimum absolute atomic E-state index is 0.0324. The zero-order valence-electron chi connectivity index (χ0n) is 12.1. The Labute approximate surface area is 155 Å². The van der Waals surface area contributed by atoms with Gasteiger partial charge in [0.25, 0.3) is 5.91 Å². The molecular formula is C16H10BrCl2N3O2. The fraction of sp³-hybridized carbons (Fsp3) is 0.0625. The highest BCUT2D eigenvalue weighted by atomic mass is 79.9. The second-order valence-corrected chi connectivity index (χ2v) is 6.67. The zero-order chi connectivity index (χ0) is 17.3. The number of azo groups is 1. The summed E-state index contributed by atoms with van der Waals surface area (Å²) in [5.74, 6) is -0.614. The number of amides is 1. The number of halogens is 3. The molecule has 0 aliphatic heterocycles. The van der Waals surface area contributed by atoms with Gasteiger partial charge in [-0.25, -0.2) is 0 Å². The summed E-state index contributed by atoms with van der Waals surface area (Å²) in [6, 6.07) is 10.3. The van der Waals surface area contributed by atoms with Crippen LogP contribution in [0.25, 0.3) is 10.9 Å². The SMILES string of the molecule is O=C(Cc1ccc(Cl)c(Cl)c1)N=Nc1c(O)[nH]c2cccc(Br)c12. The first-order valence-corrected chi connectivity index (χ1v) is 8.38. The van der Waals surface area contributed by atoms with Gasteiger partial charge in [0.15, 0.2) is 5.69 Å². The van der Waals surface area contributed by atoms with Gasteiger partial charge >= 0.3 is 0 Å². The second kappa shape index (κ2) is 6.93. The molecule has 1 amide bonds. The van der Waals surface area contributed by atoms with Gasteiger partial charge in [-0.3, -0.25) is 4.79 Å². The van der Waals surface area contributed by atoms with Crippen molar-refractivity contribution >= 4 is 61.6 Å². The molecule has 0 aliphatic rings. The van der Waals surface area contributed by atoms with Crippen molar-refractivity contribution in [3.63, 3.8) is 0 Å². The molecule has 0 fully saturated rings. The van der Waals surface area contributed by atoms with E-state index in [9.17, 15) is 9.90 Å². The topological polar surface area (TPSA) is 77.8 Å². The molecule has 0 saturated heterocycles. The summed E-state index contributed by atoms with van der Waals surface area (Å²) in [4.78, 5) is 14.8. The summed E-state index contributed by atoms with van der Waals surface area (Å²) >= 11 is 15.2. The van der Waals surface area contributed by atoms with E-state index in [0.29, 0.717) is 26.5 Å². The van der Waals surface area contributed by atoms with Crippen LogP contribution >= 0.6 is 39.1 Å². The summed E-state index contributed by atoms with van der Waals surface area (Å²) < 4.78 is 0.738. The number of carbonyl (C=O) groups is 1. The Kier molecular flexibility index (Phi) is 4.89. The molecular weight excluding hydrogens is 417 g/mol. The Balaban J connectivity index is 1.84. The molecule has 0 radical (unpaired) electrons. The molecule has 2 N–H and O–H groups in total. The van der Waals surface area contributed by atoms with Crippen molar-refractivity contribution < 1.29 is 9.90 Å². The smallest absolute Gasteiger partial charge is 0.269 e. The van der Waals surface area contributed by atoms with Crippen LogP contribution in [-0.4, -0.2) is 16.0 Å². The maximum absolute atomic E-state index is 12.0. The van der Waals surface area contributed by atoms with Crippen LogP contribution in [0.5, 0.6) is 5.88 Å². The zero-order valence-corrected chi connectivity index (χ0v) is 15.2. The molecule has 8 heteroatoms. The largest absolute Gasteiger partial charge is 0.493 e. The molecule has 3 rings (SSSR count). The lowest BCUT2D eigenvalue weighted by Crippen LogP contribution is -1.97. The summed E-state index contributed by atoms with van der Waals surface area (Å²) in [6.07, 6.45) is 0.0324. The molecule has 24 heavy (non-hydrogen) atoms. The van der Waals surface area contributed by atoms with Crippen LogP contribution < -0.4 is 0 Å². The van der Waals surface area contributed by atoms with Gasteiger partial charge in [0.1, 0.15) is 0 Å². The van der Waals surface area contributed by atoms with Crippen molar-refractivity contribution in [1.29, 1.82) is 0 Å². The van der Waals surface area contributed by atoms with E-state index >= 15 is 0 Å². The van der Waals surface area contributed by atoms with Gasteiger partial charge in [0.2, 0.25) is 5.88 Å². The molecule has 0 aliphatic carbocycles. The average molecular weight is 427 g/mol. The van der Waals surface area contributed by atoms with E-state index in [-0.39, 0.29) is 18.0 Å². The monoisotopic (exact) mass is 425 g/mol. The van der Waals surface area contributed by atoms with Gasteiger partial charge in [-0.2, -0.15) is 0 Å². The second-order valence-electron chi connectivity index (χ2n) is 5.00. The Bertz CT molecular complexity index is 969. The third-order valence-electron chi connectivity index (χ3n) is 3.33. The fourth-order valence-corrected chi connectivity index (χ4v) is 3.11. The number of carbonyl (C=O) groups excluding carboxylic acids is 1. The molecule has 5 nitrogen and oxygen atoms in total. The van der Waals surface area contributed by atoms with Crippen LogP contribution in [0.15, 0.2) is 51.1 Å². The number of H-pyrrole nitrogens is 1. The van der Waals surface area contributed by atoms with Crippen LogP contribution in [0.3, 0.4) is 0 Å². The van der Waals surface area contributed by atoms with Gasteiger partial charge in [-0.1, -0.05) is 51.3 Å². The highest BCUT2D eigenvalue weighted by Gasteiger charge is 2.13. The van der Waals surface area contributed by atoms with Crippen molar-refractivity contribution in [2.24, 2.45) is 10.2 Å². The first-order chi connectivity index (χ1) is 11.5. The number of hydrogen-bond donors (Lipinski definition) is 2. The first kappa shape index (κ1) is 17.0. The Morgan fingerprint density at radius 3 is 2.75 bits per heavy atom. The number of rotatable bonds is 3. The third kappa shape index (κ3) is 3.45. The molecule has 0 bridgehead atoms. The van der Waals surface area contributed by atoms with Crippen LogP contribution in [0.1, 0.15) is 5.56 Å². The van der Waals surface area contributed by atoms with Crippen molar-refractivity contribution in [1.82, 2.24) is 4.98 Å². The van der Waals surface area contributed by atoms with Gasteiger partial charge in [0.05, 0.1) is 22.0 Å². The number of benzene rings is 2. The van der Waals surface area contributed by atoms with E-state index in [4.69, 9.17) is 23.2 Å². The highest BCUT2D eigenvalue weighted by molar-refractivity contribution is 9.10. The maximum Gasteiger partial charge on any atom is 0.269 e. The van der Waals surface area contributed by atoms with E-state index < -0.39 is 5.91 Å². The van der Waals surface area contributed by atoms with E-state index in [1.54, 1.807) is 24.3 Å². The quantitative estimate of drug-likeness (QED) is 0.519. The summed E-state index contributed by atoms with van der Waals surface area (Å²) in [5, 5.41) is 19.0. The lowest BCUT2D eigenvalue weighted by Gasteiger charge is -2.00. The molecule has 0 spiro atoms. The van der Waals surface area contributed by atoms with Crippen molar-refractivity contribution in [2.45, 2.75) is 6.42 Å². The lowest BCUT2D eigenvalue weighted by molar-refractivity contribution is -0.117. The van der Waals surface area contributed by atoms with Gasteiger partial charge in [-0.15, -0.1) is 10.2 Å². The summed E-state index contributed by atoms with van der Waals surface area (Å²) in [7, 11) is 0. The number of nitrogens with zero attached hydrogens (tertiary/aromatic N) is 2. The van der Waals surface area contributed by atoms with Crippen LogP contribution in [0.2, 0.25) is 10.0 Å². The van der Waals surface area contributed by atoms with Gasteiger partial charge in [0, 0.05) is 9.86 Å². The standard InChI is InChI=1S/C16H10BrCl2N3O2/c17-9-2-1-3-12-14(9)15(16(24)20-12)22-21-13(23)7-8-4-5-10(18)11(19)6-8/h1-6,20,24H,7H2. The normalized spacial score (nSPS) is 11.5. The Morgan fingerprint density at radius 2 is 2.00 bits per heavy atom. The molecule has 0 unspecified atom stereocenters. The summed E-state index contributed by atoms with van der Waals surface area (Å²) in [6.45, 7) is 0. The Morgan fingerprint density at radius 1 is 1.21 bits per heavy atom. The lowest BCUT2D eigenvalue weighted by atomic mass is 10.1. The van der Waals surface area contributed by atoms with Crippen LogP contribution in [-0.2, 0) is 11.2 Å². The molecule has 1 aromatic heterocycles. The predicted octanol–water partition coefficient (Wildman–Crippen LogP) is 5.80. The number of aromatic nitrogens is 1. The summed E-state index contributed by atoms with van der Waals surface area (Å²) in [5.41, 5.74) is 1.57. The molecule has 3 aromatic rings. The highest BCUT2D eigenvalue weighted by Crippen LogP contribution is 2.39. The van der Waals surface area contributed by atoms with E-state index in [2.05, 4.69) is 31.1 Å². The first-order valence-electron chi connectivity index (χ1n) is 6.83. The number of fused-ring (bicyclic) bond motifs is 1. The number of nitrogens with one attached hydrogen (secondary N) is 1. The average Bonchev–Trinajstić information content (AvgIpc) is 2.86. The third-order valence-corrected chi connectivity index (χ3v) is 4.73. The number of aromatic hydroxyl groups is 1.